The molecule has 0 atom stereocenters. The second-order valence-corrected chi connectivity index (χ2v) is 2.66. The number of benzene rings is 1. The van der Waals surface area contributed by atoms with Crippen LogP contribution in [0.25, 0.3) is 0 Å². The third-order valence-electron chi connectivity index (χ3n) is 1.75. The lowest BCUT2D eigenvalue weighted by Gasteiger charge is -2.04. The minimum absolute atomic E-state index is 0.199. The van der Waals surface area contributed by atoms with E-state index in [0.29, 0.717) is 0 Å². The Morgan fingerprint density at radius 1 is 1.18 bits per heavy atom. The van der Waals surface area contributed by atoms with Crippen molar-refractivity contribution in [3.63, 3.8) is 0 Å². The molecule has 0 spiro atoms. The third kappa shape index (κ3) is 1.09. The largest absolute Gasteiger partial charge is 0.508 e. The van der Waals surface area contributed by atoms with Crippen molar-refractivity contribution < 1.29 is 10.2 Å². The Morgan fingerprint density at radius 3 is 2.55 bits per heavy atom. The number of nitrogens with zero attached hydrogens (tertiary/aromatic N) is 1. The Labute approximate surface area is 64.5 Å². The molecule has 0 bridgehead atoms. The Morgan fingerprint density at radius 2 is 1.91 bits per heavy atom. The van der Waals surface area contributed by atoms with Crippen molar-refractivity contribution >= 4 is 5.69 Å². The van der Waals surface area contributed by atoms with Crippen molar-refractivity contribution in [2.45, 2.75) is 0 Å². The van der Waals surface area contributed by atoms with Gasteiger partial charge in [-0.05, 0) is 12.1 Å². The molecule has 11 heavy (non-hydrogen) atoms. The van der Waals surface area contributed by atoms with E-state index in [1.54, 1.807) is 6.07 Å². The van der Waals surface area contributed by atoms with Crippen LogP contribution in [0.3, 0.4) is 0 Å². The zero-order valence-corrected chi connectivity index (χ0v) is 5.99. The van der Waals surface area contributed by atoms with Gasteiger partial charge in [0.2, 0.25) is 0 Å². The van der Waals surface area contributed by atoms with E-state index >= 15 is 0 Å². The van der Waals surface area contributed by atoms with Crippen LogP contribution < -0.4 is 4.90 Å². The molecule has 0 radical (unpaired) electrons. The maximum absolute atomic E-state index is 9.29. The molecule has 1 fully saturated rings. The molecule has 0 saturated carbocycles. The van der Waals surface area contributed by atoms with E-state index in [0.717, 1.165) is 18.8 Å². The van der Waals surface area contributed by atoms with E-state index in [4.69, 9.17) is 5.11 Å². The molecule has 2 rings (SSSR count). The van der Waals surface area contributed by atoms with E-state index < -0.39 is 0 Å². The maximum Gasteiger partial charge on any atom is 0.139 e. The predicted molar refractivity (Wildman–Crippen MR) is 42.0 cm³/mol. The van der Waals surface area contributed by atoms with Gasteiger partial charge < -0.3 is 15.1 Å². The number of phenolic OH excluding ortho intramolecular Hbond substituents is 2. The molecular weight excluding hydrogens is 142 g/mol. The van der Waals surface area contributed by atoms with Crippen LogP contribution in [0.1, 0.15) is 0 Å². The molecule has 1 aromatic carbocycles. The van der Waals surface area contributed by atoms with Crippen LogP contribution in [0.2, 0.25) is 0 Å². The molecule has 3 nitrogen and oxygen atoms in total. The number of hydrogen-bond donors (Lipinski definition) is 2. The van der Waals surface area contributed by atoms with E-state index in [1.165, 1.54) is 12.1 Å². The molecule has 1 aliphatic heterocycles. The lowest BCUT2D eigenvalue weighted by molar-refractivity contribution is 0.461. The van der Waals surface area contributed by atoms with Gasteiger partial charge in [0.1, 0.15) is 11.5 Å². The van der Waals surface area contributed by atoms with Gasteiger partial charge in [0.05, 0.1) is 5.69 Å². The van der Waals surface area contributed by atoms with Gasteiger partial charge in [0.15, 0.2) is 0 Å². The predicted octanol–water partition coefficient (Wildman–Crippen LogP) is 0.918. The van der Waals surface area contributed by atoms with E-state index in [-0.39, 0.29) is 11.5 Å². The number of anilines is 1. The van der Waals surface area contributed by atoms with Gasteiger partial charge in [0, 0.05) is 19.2 Å². The van der Waals surface area contributed by atoms with Gasteiger partial charge in [-0.25, -0.2) is 0 Å². The van der Waals surface area contributed by atoms with E-state index in [2.05, 4.69) is 0 Å². The molecular formula is C8H9NO2. The van der Waals surface area contributed by atoms with Crippen LogP contribution in [-0.4, -0.2) is 23.3 Å². The molecule has 3 heteroatoms. The van der Waals surface area contributed by atoms with Crippen molar-refractivity contribution in [2.75, 3.05) is 18.0 Å². The van der Waals surface area contributed by atoms with Gasteiger partial charge in [0.25, 0.3) is 0 Å². The molecule has 0 amide bonds. The van der Waals surface area contributed by atoms with Crippen LogP contribution >= 0.6 is 0 Å². The second-order valence-electron chi connectivity index (χ2n) is 2.66. The molecule has 1 aromatic rings. The van der Waals surface area contributed by atoms with Crippen LogP contribution in [0, 0.1) is 0 Å². The Kier molecular flexibility index (Phi) is 1.18. The van der Waals surface area contributed by atoms with Gasteiger partial charge in [-0.3, -0.25) is 0 Å². The van der Waals surface area contributed by atoms with Gasteiger partial charge in [-0.2, -0.15) is 0 Å². The molecule has 1 saturated heterocycles. The zero-order chi connectivity index (χ0) is 7.84. The molecule has 0 aliphatic carbocycles. The molecule has 0 aromatic heterocycles. The summed E-state index contributed by atoms with van der Waals surface area (Å²) < 4.78 is 0. The standard InChI is InChI=1S/C8H9NO2/c10-6-1-2-8(11)7(5-6)9-3-4-9/h1-2,5,10-11H,3-4H2. The van der Waals surface area contributed by atoms with Gasteiger partial charge >= 0.3 is 0 Å². The maximum atomic E-state index is 9.29. The highest BCUT2D eigenvalue weighted by Gasteiger charge is 2.21. The highest BCUT2D eigenvalue weighted by atomic mass is 16.3. The highest BCUT2D eigenvalue weighted by Crippen LogP contribution is 2.33. The quantitative estimate of drug-likeness (QED) is 0.463. The summed E-state index contributed by atoms with van der Waals surface area (Å²) in [7, 11) is 0. The fraction of sp³-hybridized carbons (Fsp3) is 0.250. The average Bonchev–Trinajstić information content (AvgIpc) is 2.76. The fourth-order valence-corrected chi connectivity index (χ4v) is 1.06. The summed E-state index contributed by atoms with van der Waals surface area (Å²) in [5.74, 6) is 0.435. The Hall–Kier alpha value is -1.38. The van der Waals surface area contributed by atoms with Crippen LogP contribution in [0.4, 0.5) is 5.69 Å². The van der Waals surface area contributed by atoms with Gasteiger partial charge in [-0.1, -0.05) is 0 Å². The summed E-state index contributed by atoms with van der Waals surface area (Å²) >= 11 is 0. The zero-order valence-electron chi connectivity index (χ0n) is 5.99. The van der Waals surface area contributed by atoms with Crippen LogP contribution in [0.5, 0.6) is 11.5 Å². The lowest BCUT2D eigenvalue weighted by Crippen LogP contribution is -1.90. The number of aromatic hydroxyl groups is 2. The first-order chi connectivity index (χ1) is 5.27. The Balaban J connectivity index is 2.42. The first kappa shape index (κ1) is 6.34. The minimum atomic E-state index is 0.199. The van der Waals surface area contributed by atoms with Crippen molar-refractivity contribution in [3.05, 3.63) is 18.2 Å². The summed E-state index contributed by atoms with van der Waals surface area (Å²) in [5, 5.41) is 18.4. The average molecular weight is 151 g/mol. The molecule has 1 aliphatic rings. The summed E-state index contributed by atoms with van der Waals surface area (Å²) in [6, 6.07) is 4.55. The Bertz CT molecular complexity index is 281. The number of phenols is 2. The fourth-order valence-electron chi connectivity index (χ4n) is 1.06. The van der Waals surface area contributed by atoms with E-state index in [9.17, 15) is 5.11 Å². The smallest absolute Gasteiger partial charge is 0.139 e. The normalized spacial score (nSPS) is 15.1. The van der Waals surface area contributed by atoms with Gasteiger partial charge in [-0.15, -0.1) is 0 Å². The first-order valence-electron chi connectivity index (χ1n) is 3.54. The summed E-state index contributed by atoms with van der Waals surface area (Å²) in [5.41, 5.74) is 0.727. The second kappa shape index (κ2) is 2.05. The van der Waals surface area contributed by atoms with Crippen LogP contribution in [-0.2, 0) is 0 Å². The molecule has 2 N–H and O–H groups in total. The van der Waals surface area contributed by atoms with Crippen molar-refractivity contribution in [2.24, 2.45) is 0 Å². The highest BCUT2D eigenvalue weighted by molar-refractivity contribution is 5.63. The summed E-state index contributed by atoms with van der Waals surface area (Å²) in [6.45, 7) is 1.94. The van der Waals surface area contributed by atoms with Crippen molar-refractivity contribution in [3.8, 4) is 11.5 Å². The molecule has 1 heterocycles. The van der Waals surface area contributed by atoms with Crippen LogP contribution in [0.15, 0.2) is 18.2 Å². The topological polar surface area (TPSA) is 43.5 Å². The van der Waals surface area contributed by atoms with Crippen molar-refractivity contribution in [1.82, 2.24) is 0 Å². The third-order valence-corrected chi connectivity index (χ3v) is 1.75. The number of hydrogen-bond acceptors (Lipinski definition) is 3. The summed E-state index contributed by atoms with van der Waals surface area (Å²) in [4.78, 5) is 1.98. The minimum Gasteiger partial charge on any atom is -0.508 e. The number of rotatable bonds is 1. The first-order valence-corrected chi connectivity index (χ1v) is 3.54. The monoisotopic (exact) mass is 151 g/mol. The van der Waals surface area contributed by atoms with Crippen molar-refractivity contribution in [1.29, 1.82) is 0 Å². The summed E-state index contributed by atoms with van der Waals surface area (Å²) in [6.07, 6.45) is 0. The lowest BCUT2D eigenvalue weighted by atomic mass is 10.3. The SMILES string of the molecule is Oc1ccc(O)c(N2CC2)c1. The molecule has 58 valence electrons. The molecule has 0 unspecified atom stereocenters. The van der Waals surface area contributed by atoms with E-state index in [1.807, 2.05) is 4.90 Å².